The van der Waals surface area contributed by atoms with Crippen LogP contribution in [0.2, 0.25) is 5.02 Å². The number of hydrogen-bond donors (Lipinski definition) is 1. The van der Waals surface area contributed by atoms with Gasteiger partial charge in [-0.1, -0.05) is 23.7 Å². The number of hydrogen-bond acceptors (Lipinski definition) is 2. The molecule has 0 radical (unpaired) electrons. The average Bonchev–Trinajstić information content (AvgIpc) is 2.38. The van der Waals surface area contributed by atoms with Gasteiger partial charge in [0.05, 0.1) is 6.61 Å². The molecule has 0 amide bonds. The van der Waals surface area contributed by atoms with Crippen LogP contribution in [-0.4, -0.2) is 6.61 Å². The normalized spacial score (nSPS) is 12.0. The van der Waals surface area contributed by atoms with E-state index in [-0.39, 0.29) is 11.9 Å². The van der Waals surface area contributed by atoms with Crippen LogP contribution in [0.5, 0.6) is 5.75 Å². The van der Waals surface area contributed by atoms with Gasteiger partial charge in [-0.15, -0.1) is 0 Å². The highest BCUT2D eigenvalue weighted by Gasteiger charge is 2.07. The summed E-state index contributed by atoms with van der Waals surface area (Å²) in [6, 6.07) is 12.3. The third-order valence-corrected chi connectivity index (χ3v) is 3.16. The number of benzene rings is 2. The standard InChI is InChI=1S/C16H17ClFNO/c1-3-20-16-6-4-12(5-7-16)11(2)19-15-9-13(17)8-14(18)10-15/h4-11,19H,3H2,1-2H3. The van der Waals surface area contributed by atoms with Crippen molar-refractivity contribution in [2.24, 2.45) is 0 Å². The minimum absolute atomic E-state index is 0.0449. The van der Waals surface area contributed by atoms with Gasteiger partial charge >= 0.3 is 0 Å². The van der Waals surface area contributed by atoms with Crippen molar-refractivity contribution in [3.05, 3.63) is 58.9 Å². The van der Waals surface area contributed by atoms with Crippen LogP contribution in [0, 0.1) is 5.82 Å². The van der Waals surface area contributed by atoms with E-state index in [9.17, 15) is 4.39 Å². The Morgan fingerprint density at radius 1 is 1.20 bits per heavy atom. The SMILES string of the molecule is CCOc1ccc(C(C)Nc2cc(F)cc(Cl)c2)cc1. The molecule has 0 saturated heterocycles. The first-order chi connectivity index (χ1) is 9.58. The van der Waals surface area contributed by atoms with E-state index < -0.39 is 0 Å². The lowest BCUT2D eigenvalue weighted by Gasteiger charge is -2.16. The van der Waals surface area contributed by atoms with Crippen LogP contribution in [0.15, 0.2) is 42.5 Å². The zero-order valence-corrected chi connectivity index (χ0v) is 12.2. The fourth-order valence-corrected chi connectivity index (χ4v) is 2.21. The Hall–Kier alpha value is -1.74. The lowest BCUT2D eigenvalue weighted by atomic mass is 10.1. The molecule has 1 N–H and O–H groups in total. The number of nitrogens with one attached hydrogen (secondary N) is 1. The van der Waals surface area contributed by atoms with Gasteiger partial charge < -0.3 is 10.1 Å². The summed E-state index contributed by atoms with van der Waals surface area (Å²) in [7, 11) is 0. The summed E-state index contributed by atoms with van der Waals surface area (Å²) >= 11 is 5.84. The van der Waals surface area contributed by atoms with Gasteiger partial charge in [0.15, 0.2) is 0 Å². The molecular weight excluding hydrogens is 277 g/mol. The number of ether oxygens (including phenoxy) is 1. The Morgan fingerprint density at radius 3 is 2.50 bits per heavy atom. The first kappa shape index (κ1) is 14.7. The summed E-state index contributed by atoms with van der Waals surface area (Å²) in [5, 5.41) is 3.61. The van der Waals surface area contributed by atoms with Crippen molar-refractivity contribution in [2.45, 2.75) is 19.9 Å². The first-order valence-corrected chi connectivity index (χ1v) is 6.91. The van der Waals surface area contributed by atoms with Gasteiger partial charge in [0.1, 0.15) is 11.6 Å². The van der Waals surface area contributed by atoms with E-state index in [4.69, 9.17) is 16.3 Å². The number of rotatable bonds is 5. The van der Waals surface area contributed by atoms with Gasteiger partial charge in [-0.05, 0) is 49.7 Å². The molecule has 4 heteroatoms. The summed E-state index contributed by atoms with van der Waals surface area (Å²) in [5.41, 5.74) is 1.75. The molecule has 0 saturated carbocycles. The molecule has 0 fully saturated rings. The largest absolute Gasteiger partial charge is 0.494 e. The van der Waals surface area contributed by atoms with Crippen molar-refractivity contribution in [2.75, 3.05) is 11.9 Å². The summed E-state index contributed by atoms with van der Waals surface area (Å²) in [5.74, 6) is 0.496. The van der Waals surface area contributed by atoms with Gasteiger partial charge in [0.25, 0.3) is 0 Å². The minimum Gasteiger partial charge on any atom is -0.494 e. The summed E-state index contributed by atoms with van der Waals surface area (Å²) < 4.78 is 18.7. The molecule has 0 bridgehead atoms. The molecule has 0 aliphatic heterocycles. The van der Waals surface area contributed by atoms with E-state index in [1.807, 2.05) is 38.1 Å². The molecule has 20 heavy (non-hydrogen) atoms. The second kappa shape index (κ2) is 6.62. The third-order valence-electron chi connectivity index (χ3n) is 2.94. The third kappa shape index (κ3) is 3.87. The Kier molecular flexibility index (Phi) is 4.85. The fraction of sp³-hybridized carbons (Fsp3) is 0.250. The highest BCUT2D eigenvalue weighted by atomic mass is 35.5. The van der Waals surface area contributed by atoms with Gasteiger partial charge in [-0.2, -0.15) is 0 Å². The number of anilines is 1. The molecule has 2 aromatic carbocycles. The maximum atomic E-state index is 13.3. The molecule has 106 valence electrons. The van der Waals surface area contributed by atoms with Crippen LogP contribution in [0.4, 0.5) is 10.1 Å². The lowest BCUT2D eigenvalue weighted by Crippen LogP contribution is -2.06. The van der Waals surface area contributed by atoms with Crippen LogP contribution in [-0.2, 0) is 0 Å². The second-order valence-corrected chi connectivity index (χ2v) is 4.96. The molecule has 2 aromatic rings. The summed E-state index contributed by atoms with van der Waals surface area (Å²) in [4.78, 5) is 0. The van der Waals surface area contributed by atoms with Gasteiger partial charge in [-0.3, -0.25) is 0 Å². The van der Waals surface area contributed by atoms with Crippen molar-refractivity contribution < 1.29 is 9.13 Å². The molecule has 0 aromatic heterocycles. The Bertz CT molecular complexity index is 551. The first-order valence-electron chi connectivity index (χ1n) is 6.54. The Balaban J connectivity index is 2.08. The molecule has 0 spiro atoms. The van der Waals surface area contributed by atoms with E-state index in [0.717, 1.165) is 11.3 Å². The summed E-state index contributed by atoms with van der Waals surface area (Å²) in [6.45, 7) is 4.61. The molecule has 1 atom stereocenters. The quantitative estimate of drug-likeness (QED) is 0.833. The Morgan fingerprint density at radius 2 is 1.90 bits per heavy atom. The van der Waals surface area contributed by atoms with E-state index >= 15 is 0 Å². The topological polar surface area (TPSA) is 21.3 Å². The van der Waals surface area contributed by atoms with Crippen LogP contribution >= 0.6 is 11.6 Å². The van der Waals surface area contributed by atoms with Crippen molar-refractivity contribution in [1.29, 1.82) is 0 Å². The van der Waals surface area contributed by atoms with E-state index in [1.165, 1.54) is 12.1 Å². The van der Waals surface area contributed by atoms with Crippen molar-refractivity contribution >= 4 is 17.3 Å². The predicted molar refractivity (Wildman–Crippen MR) is 81.1 cm³/mol. The maximum absolute atomic E-state index is 13.3. The fourth-order valence-electron chi connectivity index (χ4n) is 1.99. The second-order valence-electron chi connectivity index (χ2n) is 4.53. The predicted octanol–water partition coefficient (Wildman–Crippen LogP) is 5.05. The van der Waals surface area contributed by atoms with Gasteiger partial charge in [0.2, 0.25) is 0 Å². The highest BCUT2D eigenvalue weighted by molar-refractivity contribution is 6.30. The smallest absolute Gasteiger partial charge is 0.126 e. The molecule has 2 nitrogen and oxygen atoms in total. The maximum Gasteiger partial charge on any atom is 0.126 e. The molecular formula is C16H17ClFNO. The van der Waals surface area contributed by atoms with Crippen LogP contribution in [0.25, 0.3) is 0 Å². The molecule has 2 rings (SSSR count). The Labute approximate surface area is 123 Å². The average molecular weight is 294 g/mol. The minimum atomic E-state index is -0.348. The lowest BCUT2D eigenvalue weighted by molar-refractivity contribution is 0.340. The van der Waals surface area contributed by atoms with Gasteiger partial charge in [-0.25, -0.2) is 4.39 Å². The van der Waals surface area contributed by atoms with Crippen LogP contribution in [0.3, 0.4) is 0 Å². The zero-order valence-electron chi connectivity index (χ0n) is 11.5. The molecule has 0 heterocycles. The summed E-state index contributed by atoms with van der Waals surface area (Å²) in [6.07, 6.45) is 0. The van der Waals surface area contributed by atoms with E-state index in [1.54, 1.807) is 6.07 Å². The van der Waals surface area contributed by atoms with E-state index in [0.29, 0.717) is 17.3 Å². The van der Waals surface area contributed by atoms with Crippen molar-refractivity contribution in [3.8, 4) is 5.75 Å². The monoisotopic (exact) mass is 293 g/mol. The molecule has 0 aliphatic carbocycles. The highest BCUT2D eigenvalue weighted by Crippen LogP contribution is 2.24. The van der Waals surface area contributed by atoms with Crippen LogP contribution in [0.1, 0.15) is 25.5 Å². The van der Waals surface area contributed by atoms with Crippen molar-refractivity contribution in [1.82, 2.24) is 0 Å². The number of halogens is 2. The van der Waals surface area contributed by atoms with Crippen LogP contribution < -0.4 is 10.1 Å². The molecule has 1 unspecified atom stereocenters. The van der Waals surface area contributed by atoms with E-state index in [2.05, 4.69) is 5.32 Å². The van der Waals surface area contributed by atoms with Crippen molar-refractivity contribution in [3.63, 3.8) is 0 Å². The zero-order chi connectivity index (χ0) is 14.5. The molecule has 0 aliphatic rings. The van der Waals surface area contributed by atoms with Gasteiger partial charge in [0, 0.05) is 16.8 Å².